The van der Waals surface area contributed by atoms with Crippen LogP contribution in [0.25, 0.3) is 16.9 Å². The van der Waals surface area contributed by atoms with Gasteiger partial charge in [-0.15, -0.1) is 0 Å². The molecule has 9 heteroatoms. The molecule has 1 aliphatic rings. The minimum absolute atomic E-state index is 0.0315. The number of primary sulfonamides is 1. The van der Waals surface area contributed by atoms with E-state index in [0.29, 0.717) is 5.56 Å². The normalized spacial score (nSPS) is 14.3. The third kappa shape index (κ3) is 3.31. The predicted molar refractivity (Wildman–Crippen MR) is 97.4 cm³/mol. The van der Waals surface area contributed by atoms with Crippen molar-refractivity contribution in [2.24, 2.45) is 5.14 Å². The maximum absolute atomic E-state index is 13.3. The lowest BCUT2D eigenvalue weighted by atomic mass is 10.0. The number of hydrogen-bond acceptors (Lipinski definition) is 3. The second-order valence-corrected chi connectivity index (χ2v) is 8.20. The van der Waals surface area contributed by atoms with Crippen LogP contribution in [0.2, 0.25) is 0 Å². The van der Waals surface area contributed by atoms with Crippen LogP contribution in [-0.2, 0) is 29.0 Å². The first-order valence-electron chi connectivity index (χ1n) is 8.56. The van der Waals surface area contributed by atoms with Crippen LogP contribution in [0.5, 0.6) is 0 Å². The number of alkyl halides is 3. The van der Waals surface area contributed by atoms with E-state index < -0.39 is 21.9 Å². The van der Waals surface area contributed by atoms with Crippen molar-refractivity contribution < 1.29 is 21.6 Å². The Kier molecular flexibility index (Phi) is 4.31. The maximum atomic E-state index is 13.3. The van der Waals surface area contributed by atoms with Crippen LogP contribution < -0.4 is 5.14 Å². The highest BCUT2D eigenvalue weighted by Gasteiger charge is 2.36. The summed E-state index contributed by atoms with van der Waals surface area (Å²) in [5, 5.41) is 8.93. The summed E-state index contributed by atoms with van der Waals surface area (Å²) in [6.45, 7) is 0. The van der Waals surface area contributed by atoms with Crippen molar-refractivity contribution in [2.45, 2.75) is 30.3 Å². The van der Waals surface area contributed by atoms with Crippen molar-refractivity contribution in [2.75, 3.05) is 0 Å². The summed E-state index contributed by atoms with van der Waals surface area (Å²) in [6, 6.07) is 12.0. The largest absolute Gasteiger partial charge is 0.435 e. The minimum atomic E-state index is -4.67. The van der Waals surface area contributed by atoms with Gasteiger partial charge in [0.15, 0.2) is 5.69 Å². The Morgan fingerprint density at radius 2 is 1.71 bits per heavy atom. The van der Waals surface area contributed by atoms with Gasteiger partial charge in [-0.1, -0.05) is 24.3 Å². The first-order valence-corrected chi connectivity index (χ1v) is 10.1. The van der Waals surface area contributed by atoms with Gasteiger partial charge in [-0.2, -0.15) is 18.3 Å². The van der Waals surface area contributed by atoms with Gasteiger partial charge in [0.1, 0.15) is 4.90 Å². The van der Waals surface area contributed by atoms with Gasteiger partial charge in [-0.3, -0.25) is 0 Å². The second-order valence-electron chi connectivity index (χ2n) is 6.67. The molecule has 0 amide bonds. The molecule has 0 bridgehead atoms. The lowest BCUT2D eigenvalue weighted by molar-refractivity contribution is -0.141. The standard InChI is InChI=1S/C19H16F3N3O2S/c20-19(21,22)18-11-16(14-9-8-12-4-3-5-13(12)10-14)25(24-18)15-6-1-2-7-17(15)28(23,26)27/h1-2,6-11H,3-5H2,(H2,23,26,27). The fourth-order valence-electron chi connectivity index (χ4n) is 3.51. The Morgan fingerprint density at radius 3 is 2.43 bits per heavy atom. The van der Waals surface area contributed by atoms with Crippen LogP contribution in [0.1, 0.15) is 23.2 Å². The monoisotopic (exact) mass is 407 g/mol. The molecule has 1 aromatic heterocycles. The average molecular weight is 407 g/mol. The zero-order valence-corrected chi connectivity index (χ0v) is 15.4. The Hall–Kier alpha value is -2.65. The first-order chi connectivity index (χ1) is 13.1. The van der Waals surface area contributed by atoms with Crippen LogP contribution in [0.4, 0.5) is 13.2 Å². The van der Waals surface area contributed by atoms with E-state index in [1.807, 2.05) is 12.1 Å². The highest BCUT2D eigenvalue weighted by molar-refractivity contribution is 7.89. The van der Waals surface area contributed by atoms with E-state index in [1.165, 1.54) is 29.8 Å². The van der Waals surface area contributed by atoms with Gasteiger partial charge >= 0.3 is 6.18 Å². The number of benzene rings is 2. The molecular weight excluding hydrogens is 391 g/mol. The maximum Gasteiger partial charge on any atom is 0.435 e. The molecule has 0 fully saturated rings. The van der Waals surface area contributed by atoms with Crippen molar-refractivity contribution in [3.05, 3.63) is 65.4 Å². The Bertz CT molecular complexity index is 1170. The van der Waals surface area contributed by atoms with Crippen LogP contribution in [0, 0.1) is 0 Å². The number of halogens is 3. The molecule has 0 radical (unpaired) electrons. The minimum Gasteiger partial charge on any atom is -0.231 e. The summed E-state index contributed by atoms with van der Waals surface area (Å²) in [5.41, 5.74) is 1.81. The molecule has 2 aromatic carbocycles. The van der Waals surface area contributed by atoms with Gasteiger partial charge in [0.25, 0.3) is 0 Å². The molecule has 2 N–H and O–H groups in total. The summed E-state index contributed by atoms with van der Waals surface area (Å²) in [4.78, 5) is -0.297. The summed E-state index contributed by atoms with van der Waals surface area (Å²) in [5.74, 6) is 0. The molecule has 1 heterocycles. The highest BCUT2D eigenvalue weighted by atomic mass is 32.2. The molecule has 0 atom stereocenters. The zero-order chi connectivity index (χ0) is 20.1. The third-order valence-corrected chi connectivity index (χ3v) is 5.75. The summed E-state index contributed by atoms with van der Waals surface area (Å²) < 4.78 is 64.9. The fourth-order valence-corrected chi connectivity index (χ4v) is 4.23. The Labute approximate surface area is 159 Å². The number of hydrogen-bond donors (Lipinski definition) is 1. The molecule has 3 aromatic rings. The molecule has 0 saturated heterocycles. The quantitative estimate of drug-likeness (QED) is 0.719. The van der Waals surface area contributed by atoms with E-state index in [4.69, 9.17) is 5.14 Å². The van der Waals surface area contributed by atoms with Crippen LogP contribution in [0.3, 0.4) is 0 Å². The Balaban J connectivity index is 1.97. The van der Waals surface area contributed by atoms with Gasteiger partial charge in [0.05, 0.1) is 11.4 Å². The van der Waals surface area contributed by atoms with E-state index in [1.54, 1.807) is 6.07 Å². The lowest BCUT2D eigenvalue weighted by Crippen LogP contribution is -2.16. The summed E-state index contributed by atoms with van der Waals surface area (Å²) in [6.07, 6.45) is -1.87. The number of nitrogens with zero attached hydrogens (tertiary/aromatic N) is 2. The topological polar surface area (TPSA) is 78.0 Å². The van der Waals surface area contributed by atoms with Gasteiger partial charge in [0, 0.05) is 5.56 Å². The number of aryl methyl sites for hydroxylation is 2. The van der Waals surface area contributed by atoms with Crippen LogP contribution >= 0.6 is 0 Å². The fraction of sp³-hybridized carbons (Fsp3) is 0.211. The Morgan fingerprint density at radius 1 is 1.00 bits per heavy atom. The molecule has 5 nitrogen and oxygen atoms in total. The number of aromatic nitrogens is 2. The van der Waals surface area contributed by atoms with E-state index in [-0.39, 0.29) is 16.3 Å². The smallest absolute Gasteiger partial charge is 0.231 e. The van der Waals surface area contributed by atoms with Crippen molar-refractivity contribution in [3.8, 4) is 16.9 Å². The number of sulfonamides is 1. The number of nitrogens with two attached hydrogens (primary N) is 1. The molecule has 0 spiro atoms. The molecule has 1 aliphatic carbocycles. The number of para-hydroxylation sites is 1. The van der Waals surface area contributed by atoms with Crippen molar-refractivity contribution in [3.63, 3.8) is 0 Å². The van der Waals surface area contributed by atoms with Crippen molar-refractivity contribution in [1.29, 1.82) is 0 Å². The van der Waals surface area contributed by atoms with Crippen LogP contribution in [-0.4, -0.2) is 18.2 Å². The molecular formula is C19H16F3N3O2S. The second kappa shape index (κ2) is 6.46. The van der Waals surface area contributed by atoms with E-state index in [0.717, 1.165) is 35.6 Å². The van der Waals surface area contributed by atoms with E-state index >= 15 is 0 Å². The van der Waals surface area contributed by atoms with Gasteiger partial charge in [-0.05, 0) is 54.7 Å². The van der Waals surface area contributed by atoms with Gasteiger partial charge < -0.3 is 0 Å². The van der Waals surface area contributed by atoms with Gasteiger partial charge in [-0.25, -0.2) is 18.2 Å². The molecule has 146 valence electrons. The third-order valence-electron chi connectivity index (χ3n) is 4.79. The molecule has 0 aliphatic heterocycles. The summed E-state index contributed by atoms with van der Waals surface area (Å²) in [7, 11) is -4.16. The van der Waals surface area contributed by atoms with E-state index in [2.05, 4.69) is 5.10 Å². The number of fused-ring (bicyclic) bond motifs is 1. The lowest BCUT2D eigenvalue weighted by Gasteiger charge is -2.12. The zero-order valence-electron chi connectivity index (χ0n) is 14.6. The van der Waals surface area contributed by atoms with Crippen molar-refractivity contribution in [1.82, 2.24) is 9.78 Å². The van der Waals surface area contributed by atoms with Gasteiger partial charge in [0.2, 0.25) is 10.0 Å². The summed E-state index contributed by atoms with van der Waals surface area (Å²) >= 11 is 0. The van der Waals surface area contributed by atoms with E-state index in [9.17, 15) is 21.6 Å². The first kappa shape index (κ1) is 18.7. The van der Waals surface area contributed by atoms with Crippen LogP contribution in [0.15, 0.2) is 53.4 Å². The predicted octanol–water partition coefficient (Wildman–Crippen LogP) is 3.69. The average Bonchev–Trinajstić information content (AvgIpc) is 3.27. The highest BCUT2D eigenvalue weighted by Crippen LogP contribution is 2.35. The van der Waals surface area contributed by atoms with Crippen molar-refractivity contribution >= 4 is 10.0 Å². The number of rotatable bonds is 3. The molecule has 0 unspecified atom stereocenters. The SMILES string of the molecule is NS(=O)(=O)c1ccccc1-n1nc(C(F)(F)F)cc1-c1ccc2c(c1)CCC2. The molecule has 28 heavy (non-hydrogen) atoms. The molecule has 0 saturated carbocycles. The molecule has 4 rings (SSSR count).